The van der Waals surface area contributed by atoms with Crippen LogP contribution in [0.15, 0.2) is 22.7 Å². The van der Waals surface area contributed by atoms with Crippen LogP contribution in [0.2, 0.25) is 0 Å². The number of nitrogens with one attached hydrogen (secondary N) is 2. The zero-order valence-electron chi connectivity index (χ0n) is 11.2. The number of hydrogen-bond acceptors (Lipinski definition) is 3. The number of benzene rings is 1. The van der Waals surface area contributed by atoms with Crippen LogP contribution in [0, 0.1) is 12.8 Å². The maximum absolute atomic E-state index is 12.3. The van der Waals surface area contributed by atoms with Gasteiger partial charge in [-0.05, 0) is 31.2 Å². The first-order chi connectivity index (χ1) is 9.13. The van der Waals surface area contributed by atoms with Gasteiger partial charge >= 0.3 is 0 Å². The fraction of sp³-hybridized carbons (Fsp3) is 0.500. The van der Waals surface area contributed by atoms with E-state index in [0.717, 1.165) is 22.3 Å². The van der Waals surface area contributed by atoms with Crippen molar-refractivity contribution >= 4 is 27.5 Å². The summed E-state index contributed by atoms with van der Waals surface area (Å²) in [7, 11) is 0. The predicted octanol–water partition coefficient (Wildman–Crippen LogP) is 2.32. The number of likely N-dealkylation sites (N-methyl/N-ethyl adjacent to an activating group) is 1. The van der Waals surface area contributed by atoms with Gasteiger partial charge in [0.2, 0.25) is 5.91 Å². The third-order valence-corrected chi connectivity index (χ3v) is 4.27. The molecule has 1 aromatic carbocycles. The molecule has 0 aliphatic carbocycles. The fourth-order valence-corrected chi connectivity index (χ4v) is 2.61. The summed E-state index contributed by atoms with van der Waals surface area (Å²) in [6.45, 7) is 5.94. The van der Waals surface area contributed by atoms with Crippen LogP contribution in [-0.2, 0) is 9.53 Å². The quantitative estimate of drug-likeness (QED) is 0.892. The second-order valence-electron chi connectivity index (χ2n) is 4.71. The van der Waals surface area contributed by atoms with Gasteiger partial charge in [-0.3, -0.25) is 4.79 Å². The van der Waals surface area contributed by atoms with Gasteiger partial charge < -0.3 is 15.4 Å². The van der Waals surface area contributed by atoms with Gasteiger partial charge in [0.05, 0.1) is 19.1 Å². The molecular weight excluding hydrogens is 308 g/mol. The van der Waals surface area contributed by atoms with Crippen LogP contribution in [-0.4, -0.2) is 31.7 Å². The van der Waals surface area contributed by atoms with Crippen molar-refractivity contribution in [3.8, 4) is 0 Å². The van der Waals surface area contributed by atoms with Crippen molar-refractivity contribution in [3.63, 3.8) is 0 Å². The fourth-order valence-electron chi connectivity index (χ4n) is 2.24. The highest BCUT2D eigenvalue weighted by atomic mass is 79.9. The van der Waals surface area contributed by atoms with E-state index in [1.807, 2.05) is 32.0 Å². The van der Waals surface area contributed by atoms with Crippen molar-refractivity contribution in [2.24, 2.45) is 5.92 Å². The first kappa shape index (κ1) is 14.5. The van der Waals surface area contributed by atoms with Crippen molar-refractivity contribution in [3.05, 3.63) is 28.2 Å². The summed E-state index contributed by atoms with van der Waals surface area (Å²) in [6.07, 6.45) is 0. The summed E-state index contributed by atoms with van der Waals surface area (Å²) in [5.74, 6) is -0.108. The number of anilines is 1. The van der Waals surface area contributed by atoms with Crippen molar-refractivity contribution in [2.75, 3.05) is 25.1 Å². The molecule has 1 fully saturated rings. The van der Waals surface area contributed by atoms with E-state index in [4.69, 9.17) is 4.74 Å². The highest BCUT2D eigenvalue weighted by Gasteiger charge is 2.33. The van der Waals surface area contributed by atoms with Crippen LogP contribution >= 0.6 is 15.9 Å². The van der Waals surface area contributed by atoms with Crippen LogP contribution in [0.4, 0.5) is 5.69 Å². The normalized spacial score (nSPS) is 22.5. The van der Waals surface area contributed by atoms with Gasteiger partial charge in [0.25, 0.3) is 0 Å². The number of carbonyl (C=O) groups is 1. The molecule has 1 heterocycles. The predicted molar refractivity (Wildman–Crippen MR) is 79.3 cm³/mol. The molecule has 0 spiro atoms. The topological polar surface area (TPSA) is 50.4 Å². The monoisotopic (exact) mass is 326 g/mol. The molecule has 2 unspecified atom stereocenters. The van der Waals surface area contributed by atoms with E-state index in [9.17, 15) is 4.79 Å². The highest BCUT2D eigenvalue weighted by Crippen LogP contribution is 2.25. The second kappa shape index (κ2) is 6.50. The zero-order valence-corrected chi connectivity index (χ0v) is 12.8. The third-order valence-electron chi connectivity index (χ3n) is 3.41. The minimum absolute atomic E-state index is 0.0182. The minimum Gasteiger partial charge on any atom is -0.379 e. The van der Waals surface area contributed by atoms with Crippen LogP contribution < -0.4 is 10.6 Å². The van der Waals surface area contributed by atoms with E-state index in [-0.39, 0.29) is 17.9 Å². The Hall–Kier alpha value is -0.910. The molecular formula is C14H19BrN2O2. The lowest BCUT2D eigenvalue weighted by atomic mass is 10.0. The molecule has 0 saturated carbocycles. The molecule has 19 heavy (non-hydrogen) atoms. The standard InChI is InChI=1S/C14H19BrN2O2/c1-3-16-13-8-19-7-10(13)14(18)17-12-6-4-5-11(15)9(12)2/h4-6,10,13,16H,3,7-8H2,1-2H3,(H,17,18). The van der Waals surface area contributed by atoms with Gasteiger partial charge in [-0.15, -0.1) is 0 Å². The second-order valence-corrected chi connectivity index (χ2v) is 5.56. The number of rotatable bonds is 4. The maximum Gasteiger partial charge on any atom is 0.231 e. The van der Waals surface area contributed by atoms with Crippen LogP contribution in [0.3, 0.4) is 0 Å². The lowest BCUT2D eigenvalue weighted by Gasteiger charge is -2.18. The number of halogens is 1. The van der Waals surface area contributed by atoms with Gasteiger partial charge in [0.15, 0.2) is 0 Å². The molecule has 104 valence electrons. The van der Waals surface area contributed by atoms with E-state index in [0.29, 0.717) is 13.2 Å². The molecule has 2 rings (SSSR count). The molecule has 0 bridgehead atoms. The Balaban J connectivity index is 2.06. The molecule has 2 N–H and O–H groups in total. The highest BCUT2D eigenvalue weighted by molar-refractivity contribution is 9.10. The molecule has 0 aromatic heterocycles. The summed E-state index contributed by atoms with van der Waals surface area (Å²) in [6, 6.07) is 5.90. The Morgan fingerprint density at radius 2 is 2.26 bits per heavy atom. The summed E-state index contributed by atoms with van der Waals surface area (Å²) in [4.78, 5) is 12.3. The zero-order chi connectivity index (χ0) is 13.8. The lowest BCUT2D eigenvalue weighted by molar-refractivity contribution is -0.120. The lowest BCUT2D eigenvalue weighted by Crippen LogP contribution is -2.41. The van der Waals surface area contributed by atoms with Crippen molar-refractivity contribution < 1.29 is 9.53 Å². The summed E-state index contributed by atoms with van der Waals surface area (Å²) >= 11 is 3.47. The summed E-state index contributed by atoms with van der Waals surface area (Å²) < 4.78 is 6.40. The largest absolute Gasteiger partial charge is 0.379 e. The Bertz CT molecular complexity index is 465. The van der Waals surface area contributed by atoms with E-state index < -0.39 is 0 Å². The Morgan fingerprint density at radius 1 is 1.47 bits per heavy atom. The van der Waals surface area contributed by atoms with Gasteiger partial charge in [0, 0.05) is 16.2 Å². The van der Waals surface area contributed by atoms with E-state index in [1.165, 1.54) is 0 Å². The van der Waals surface area contributed by atoms with Gasteiger partial charge in [-0.1, -0.05) is 28.9 Å². The third kappa shape index (κ3) is 3.35. The van der Waals surface area contributed by atoms with E-state index in [2.05, 4.69) is 26.6 Å². The number of carbonyl (C=O) groups excluding carboxylic acids is 1. The average Bonchev–Trinajstić information content (AvgIpc) is 2.84. The smallest absolute Gasteiger partial charge is 0.231 e. The molecule has 1 aliphatic heterocycles. The van der Waals surface area contributed by atoms with Gasteiger partial charge in [0.1, 0.15) is 0 Å². The first-order valence-corrected chi connectivity index (χ1v) is 7.30. The molecule has 5 heteroatoms. The van der Waals surface area contributed by atoms with Crippen LogP contribution in [0.25, 0.3) is 0 Å². The van der Waals surface area contributed by atoms with Crippen LogP contribution in [0.5, 0.6) is 0 Å². The minimum atomic E-state index is -0.127. The van der Waals surface area contributed by atoms with E-state index in [1.54, 1.807) is 0 Å². The number of ether oxygens (including phenoxy) is 1. The molecule has 2 atom stereocenters. The molecule has 1 aromatic rings. The molecule has 1 aliphatic rings. The summed E-state index contributed by atoms with van der Waals surface area (Å²) in [5, 5.41) is 6.28. The molecule has 4 nitrogen and oxygen atoms in total. The molecule has 0 radical (unpaired) electrons. The number of amides is 1. The summed E-state index contributed by atoms with van der Waals surface area (Å²) in [5.41, 5.74) is 1.89. The Kier molecular flexibility index (Phi) is 4.96. The number of hydrogen-bond donors (Lipinski definition) is 2. The Morgan fingerprint density at radius 3 is 3.00 bits per heavy atom. The first-order valence-electron chi connectivity index (χ1n) is 6.50. The van der Waals surface area contributed by atoms with Crippen molar-refractivity contribution in [1.82, 2.24) is 5.32 Å². The average molecular weight is 327 g/mol. The maximum atomic E-state index is 12.3. The van der Waals surface area contributed by atoms with Crippen LogP contribution in [0.1, 0.15) is 12.5 Å². The van der Waals surface area contributed by atoms with Crippen molar-refractivity contribution in [2.45, 2.75) is 19.9 Å². The van der Waals surface area contributed by atoms with Gasteiger partial charge in [-0.2, -0.15) is 0 Å². The SMILES string of the molecule is CCNC1COCC1C(=O)Nc1cccc(Br)c1C. The van der Waals surface area contributed by atoms with Crippen molar-refractivity contribution in [1.29, 1.82) is 0 Å². The molecule has 1 amide bonds. The molecule has 1 saturated heterocycles. The Labute approximate surface area is 122 Å². The van der Waals surface area contributed by atoms with E-state index >= 15 is 0 Å². The van der Waals surface area contributed by atoms with Gasteiger partial charge in [-0.25, -0.2) is 0 Å².